The average molecular weight is 328 g/mol. The smallest absolute Gasteiger partial charge is 0.254 e. The fourth-order valence-corrected chi connectivity index (χ4v) is 3.27. The van der Waals surface area contributed by atoms with Gasteiger partial charge < -0.3 is 9.64 Å². The van der Waals surface area contributed by atoms with E-state index in [1.807, 2.05) is 12.1 Å². The van der Waals surface area contributed by atoms with Crippen molar-refractivity contribution in [3.05, 3.63) is 65.7 Å². The number of rotatable bonds is 4. The van der Waals surface area contributed by atoms with E-state index in [1.54, 1.807) is 42.6 Å². The van der Waals surface area contributed by atoms with Crippen LogP contribution in [0, 0.1) is 11.7 Å². The van der Waals surface area contributed by atoms with E-state index in [0.717, 1.165) is 6.42 Å². The van der Waals surface area contributed by atoms with Crippen molar-refractivity contribution in [3.63, 3.8) is 0 Å². The second kappa shape index (κ2) is 7.53. The van der Waals surface area contributed by atoms with E-state index in [2.05, 4.69) is 4.98 Å². The molecule has 2 aromatic rings. The number of pyridine rings is 1. The first-order chi connectivity index (χ1) is 11.7. The minimum Gasteiger partial charge on any atom is -0.379 e. The van der Waals surface area contributed by atoms with Gasteiger partial charge in [-0.2, -0.15) is 0 Å². The van der Waals surface area contributed by atoms with Gasteiger partial charge in [0.2, 0.25) is 0 Å². The molecule has 126 valence electrons. The van der Waals surface area contributed by atoms with E-state index in [-0.39, 0.29) is 23.7 Å². The molecule has 0 saturated carbocycles. The third-order valence-electron chi connectivity index (χ3n) is 4.65. The summed E-state index contributed by atoms with van der Waals surface area (Å²) in [5.74, 6) is 0.0137. The normalized spacial score (nSPS) is 20.8. The molecule has 0 bridgehead atoms. The number of ether oxygens (including phenoxy) is 1. The summed E-state index contributed by atoms with van der Waals surface area (Å²) in [6, 6.07) is 10.3. The summed E-state index contributed by atoms with van der Waals surface area (Å²) >= 11 is 0. The molecular formula is C19H21FN2O2. The van der Waals surface area contributed by atoms with Crippen molar-refractivity contribution in [2.24, 2.45) is 5.92 Å². The van der Waals surface area contributed by atoms with E-state index < -0.39 is 0 Å². The average Bonchev–Trinajstić information content (AvgIpc) is 2.64. The number of likely N-dealkylation sites (tertiary alicyclic amines) is 1. The summed E-state index contributed by atoms with van der Waals surface area (Å²) in [6.07, 6.45) is 4.56. The molecule has 1 aromatic heterocycles. The third-order valence-corrected chi connectivity index (χ3v) is 4.65. The van der Waals surface area contributed by atoms with Crippen LogP contribution >= 0.6 is 0 Å². The number of hydrogen-bond donors (Lipinski definition) is 0. The summed E-state index contributed by atoms with van der Waals surface area (Å²) in [5, 5.41) is 0. The number of aromatic nitrogens is 1. The van der Waals surface area contributed by atoms with Gasteiger partial charge in [0, 0.05) is 38.2 Å². The van der Waals surface area contributed by atoms with Crippen LogP contribution in [0.4, 0.5) is 4.39 Å². The van der Waals surface area contributed by atoms with Crippen LogP contribution in [-0.4, -0.2) is 42.1 Å². The van der Waals surface area contributed by atoms with Crippen LogP contribution in [0.2, 0.25) is 0 Å². The monoisotopic (exact) mass is 328 g/mol. The maximum atomic E-state index is 13.9. The largest absolute Gasteiger partial charge is 0.379 e. The van der Waals surface area contributed by atoms with E-state index >= 15 is 0 Å². The Labute approximate surface area is 141 Å². The lowest BCUT2D eigenvalue weighted by molar-refractivity contribution is -0.00717. The summed E-state index contributed by atoms with van der Waals surface area (Å²) in [4.78, 5) is 18.3. The van der Waals surface area contributed by atoms with Crippen LogP contribution in [0.15, 0.2) is 48.8 Å². The zero-order chi connectivity index (χ0) is 16.9. The molecule has 0 radical (unpaired) electrons. The number of carbonyl (C=O) groups is 1. The molecular weight excluding hydrogens is 307 g/mol. The van der Waals surface area contributed by atoms with Gasteiger partial charge in [0.1, 0.15) is 5.82 Å². The number of carbonyl (C=O) groups excluding carboxylic acids is 1. The van der Waals surface area contributed by atoms with Gasteiger partial charge in [0.15, 0.2) is 0 Å². The van der Waals surface area contributed by atoms with Crippen molar-refractivity contribution >= 4 is 5.91 Å². The van der Waals surface area contributed by atoms with E-state index in [1.165, 1.54) is 6.07 Å². The van der Waals surface area contributed by atoms with Crippen molar-refractivity contribution in [2.75, 3.05) is 20.2 Å². The number of halogens is 1. The molecule has 1 saturated heterocycles. The van der Waals surface area contributed by atoms with Crippen LogP contribution < -0.4 is 0 Å². The Morgan fingerprint density at radius 3 is 2.75 bits per heavy atom. The molecule has 2 heterocycles. The predicted molar refractivity (Wildman–Crippen MR) is 89.1 cm³/mol. The zero-order valence-corrected chi connectivity index (χ0v) is 13.7. The molecule has 1 aliphatic heterocycles. The topological polar surface area (TPSA) is 42.4 Å². The molecule has 1 amide bonds. The molecule has 0 spiro atoms. The van der Waals surface area contributed by atoms with E-state index in [9.17, 15) is 9.18 Å². The van der Waals surface area contributed by atoms with Crippen molar-refractivity contribution in [2.45, 2.75) is 18.9 Å². The van der Waals surface area contributed by atoms with Crippen molar-refractivity contribution in [3.8, 4) is 0 Å². The molecule has 4 nitrogen and oxygen atoms in total. The Morgan fingerprint density at radius 2 is 2.04 bits per heavy atom. The van der Waals surface area contributed by atoms with Gasteiger partial charge >= 0.3 is 0 Å². The number of hydrogen-bond acceptors (Lipinski definition) is 3. The molecule has 0 N–H and O–H groups in total. The van der Waals surface area contributed by atoms with Gasteiger partial charge in [0.05, 0.1) is 6.10 Å². The van der Waals surface area contributed by atoms with Crippen molar-refractivity contribution < 1.29 is 13.9 Å². The summed E-state index contributed by atoms with van der Waals surface area (Å²) in [6.45, 7) is 1.18. The number of methoxy groups -OCH3 is 1. The fraction of sp³-hybridized carbons (Fsp3) is 0.368. The maximum Gasteiger partial charge on any atom is 0.254 e. The predicted octanol–water partition coefficient (Wildman–Crippen LogP) is 2.94. The lowest BCUT2D eigenvalue weighted by atomic mass is 9.87. The highest BCUT2D eigenvalue weighted by molar-refractivity contribution is 5.94. The minimum absolute atomic E-state index is 0.0104. The zero-order valence-electron chi connectivity index (χ0n) is 13.7. The first-order valence-electron chi connectivity index (χ1n) is 8.14. The number of piperidine rings is 1. The van der Waals surface area contributed by atoms with Crippen LogP contribution in [0.5, 0.6) is 0 Å². The van der Waals surface area contributed by atoms with Gasteiger partial charge in [0.25, 0.3) is 5.91 Å². The Bertz CT molecular complexity index is 693. The molecule has 1 fully saturated rings. The Kier molecular flexibility index (Phi) is 5.20. The second-order valence-electron chi connectivity index (χ2n) is 6.11. The molecule has 3 rings (SSSR count). The molecule has 0 unspecified atom stereocenters. The first kappa shape index (κ1) is 16.6. The second-order valence-corrected chi connectivity index (χ2v) is 6.11. The number of amides is 1. The van der Waals surface area contributed by atoms with E-state index in [4.69, 9.17) is 4.74 Å². The highest BCUT2D eigenvalue weighted by Gasteiger charge is 2.32. The quantitative estimate of drug-likeness (QED) is 0.867. The van der Waals surface area contributed by atoms with Gasteiger partial charge in [-0.15, -0.1) is 0 Å². The molecule has 1 aliphatic rings. The standard InChI is InChI=1S/C19H21FN2O2/c1-24-18-13-22(19(23)14-6-9-21-10-7-14)11-8-16(18)12-15-4-2-3-5-17(15)20/h2-7,9-10,16,18H,8,11-13H2,1H3/t16-,18+/m1/s1. The van der Waals surface area contributed by atoms with Crippen LogP contribution in [0.25, 0.3) is 0 Å². The molecule has 2 atom stereocenters. The third kappa shape index (κ3) is 3.62. The van der Waals surface area contributed by atoms with Crippen molar-refractivity contribution in [1.29, 1.82) is 0 Å². The van der Waals surface area contributed by atoms with Gasteiger partial charge in [-0.25, -0.2) is 4.39 Å². The van der Waals surface area contributed by atoms with Crippen LogP contribution in [0.1, 0.15) is 22.3 Å². The summed E-state index contributed by atoms with van der Waals surface area (Å²) in [7, 11) is 1.65. The minimum atomic E-state index is -0.178. The first-order valence-corrected chi connectivity index (χ1v) is 8.14. The molecule has 0 aliphatic carbocycles. The molecule has 5 heteroatoms. The number of benzene rings is 1. The van der Waals surface area contributed by atoms with Crippen LogP contribution in [0.3, 0.4) is 0 Å². The Hall–Kier alpha value is -2.27. The lowest BCUT2D eigenvalue weighted by Crippen LogP contribution is -2.48. The van der Waals surface area contributed by atoms with Crippen LogP contribution in [-0.2, 0) is 11.2 Å². The molecule has 24 heavy (non-hydrogen) atoms. The molecule has 1 aromatic carbocycles. The highest BCUT2D eigenvalue weighted by atomic mass is 19.1. The van der Waals surface area contributed by atoms with Crippen molar-refractivity contribution in [1.82, 2.24) is 9.88 Å². The summed E-state index contributed by atoms with van der Waals surface area (Å²) in [5.41, 5.74) is 1.34. The van der Waals surface area contributed by atoms with Gasteiger partial charge in [-0.1, -0.05) is 18.2 Å². The van der Waals surface area contributed by atoms with Gasteiger partial charge in [-0.05, 0) is 42.5 Å². The van der Waals surface area contributed by atoms with E-state index in [0.29, 0.717) is 30.6 Å². The highest BCUT2D eigenvalue weighted by Crippen LogP contribution is 2.26. The number of nitrogens with zero attached hydrogens (tertiary/aromatic N) is 2. The lowest BCUT2D eigenvalue weighted by Gasteiger charge is -2.38. The maximum absolute atomic E-state index is 13.9. The Balaban J connectivity index is 1.68. The Morgan fingerprint density at radius 1 is 1.29 bits per heavy atom. The van der Waals surface area contributed by atoms with Gasteiger partial charge in [-0.3, -0.25) is 9.78 Å². The summed E-state index contributed by atoms with van der Waals surface area (Å²) < 4.78 is 19.5. The SMILES string of the molecule is CO[C@H]1CN(C(=O)c2ccncc2)CC[C@@H]1Cc1ccccc1F. The fourth-order valence-electron chi connectivity index (χ4n) is 3.27.